The van der Waals surface area contributed by atoms with E-state index in [1.54, 1.807) is 0 Å². The van der Waals surface area contributed by atoms with Crippen LogP contribution in [-0.2, 0) is 11.2 Å². The molecule has 0 saturated heterocycles. The topological polar surface area (TPSA) is 76.2 Å². The van der Waals surface area contributed by atoms with Gasteiger partial charge in [-0.3, -0.25) is 4.79 Å². The summed E-state index contributed by atoms with van der Waals surface area (Å²) in [6, 6.07) is 0. The van der Waals surface area contributed by atoms with Crippen LogP contribution in [0.1, 0.15) is 64.1 Å². The second kappa shape index (κ2) is 5.31. The molecule has 0 aliphatic heterocycles. The highest BCUT2D eigenvalue weighted by molar-refractivity contribution is 5.71. The molecule has 19 heavy (non-hydrogen) atoms. The Morgan fingerprint density at radius 1 is 1.37 bits per heavy atom. The van der Waals surface area contributed by atoms with Crippen molar-refractivity contribution in [1.82, 2.24) is 10.1 Å². The number of rotatable bonds is 3. The highest BCUT2D eigenvalue weighted by atomic mass is 16.5. The van der Waals surface area contributed by atoms with E-state index >= 15 is 0 Å². The summed E-state index contributed by atoms with van der Waals surface area (Å²) in [6.45, 7) is 6.34. The maximum absolute atomic E-state index is 11.3. The molecule has 1 aromatic heterocycles. The smallest absolute Gasteiger partial charge is 0.307 e. The summed E-state index contributed by atoms with van der Waals surface area (Å²) in [6.07, 6.45) is 4.27. The van der Waals surface area contributed by atoms with Crippen molar-refractivity contribution in [3.05, 3.63) is 11.7 Å². The Labute approximate surface area is 113 Å². The predicted octanol–water partition coefficient (Wildman–Crippen LogP) is 3.02. The van der Waals surface area contributed by atoms with Crippen LogP contribution in [0.4, 0.5) is 0 Å². The molecule has 1 heterocycles. The van der Waals surface area contributed by atoms with Gasteiger partial charge in [0.15, 0.2) is 5.82 Å². The highest BCUT2D eigenvalue weighted by Crippen LogP contribution is 2.37. The molecule has 106 valence electrons. The molecule has 2 rings (SSSR count). The Bertz CT molecular complexity index is 448. The first kappa shape index (κ1) is 14.0. The summed E-state index contributed by atoms with van der Waals surface area (Å²) in [7, 11) is 0. The van der Waals surface area contributed by atoms with E-state index in [4.69, 9.17) is 4.52 Å². The molecule has 1 N–H and O–H groups in total. The molecule has 1 saturated carbocycles. The molecule has 0 aromatic carbocycles. The number of aliphatic carboxylic acids is 1. The van der Waals surface area contributed by atoms with E-state index in [0.29, 0.717) is 18.1 Å². The molecule has 1 aliphatic carbocycles. The summed E-state index contributed by atoms with van der Waals surface area (Å²) in [5, 5.41) is 13.3. The van der Waals surface area contributed by atoms with Gasteiger partial charge < -0.3 is 9.63 Å². The standard InChI is InChI=1S/C14H22N2O3/c1-14(2,3)8-11-15-12(19-16-11)9-6-4-5-7-10(9)13(17)18/h9-10H,4-8H2,1-3H3,(H,17,18). The fourth-order valence-corrected chi connectivity index (χ4v) is 2.69. The monoisotopic (exact) mass is 266 g/mol. The zero-order valence-corrected chi connectivity index (χ0v) is 11.8. The van der Waals surface area contributed by atoms with Gasteiger partial charge in [-0.25, -0.2) is 0 Å². The molecular formula is C14H22N2O3. The van der Waals surface area contributed by atoms with Gasteiger partial charge in [0.05, 0.1) is 11.8 Å². The van der Waals surface area contributed by atoms with Gasteiger partial charge in [0.2, 0.25) is 5.89 Å². The number of carboxylic acids is 1. The molecule has 0 amide bonds. The van der Waals surface area contributed by atoms with Gasteiger partial charge in [-0.1, -0.05) is 38.8 Å². The van der Waals surface area contributed by atoms with Gasteiger partial charge in [0, 0.05) is 6.42 Å². The average molecular weight is 266 g/mol. The normalized spacial score (nSPS) is 24.4. The van der Waals surface area contributed by atoms with Gasteiger partial charge in [-0.2, -0.15) is 4.98 Å². The molecule has 1 fully saturated rings. The van der Waals surface area contributed by atoms with Crippen LogP contribution in [0.15, 0.2) is 4.52 Å². The quantitative estimate of drug-likeness (QED) is 0.910. The maximum atomic E-state index is 11.3. The third kappa shape index (κ3) is 3.55. The second-order valence-electron chi connectivity index (χ2n) is 6.62. The molecule has 5 nitrogen and oxygen atoms in total. The summed E-state index contributed by atoms with van der Waals surface area (Å²) in [4.78, 5) is 15.7. The van der Waals surface area contributed by atoms with E-state index in [2.05, 4.69) is 30.9 Å². The predicted molar refractivity (Wildman–Crippen MR) is 69.8 cm³/mol. The van der Waals surface area contributed by atoms with Gasteiger partial charge in [-0.15, -0.1) is 0 Å². The molecule has 0 spiro atoms. The second-order valence-corrected chi connectivity index (χ2v) is 6.62. The Balaban J connectivity index is 2.14. The van der Waals surface area contributed by atoms with Crippen LogP contribution in [0.3, 0.4) is 0 Å². The largest absolute Gasteiger partial charge is 0.481 e. The number of carboxylic acid groups (broad SMARTS) is 1. The average Bonchev–Trinajstić information content (AvgIpc) is 2.75. The van der Waals surface area contributed by atoms with Crippen LogP contribution >= 0.6 is 0 Å². The van der Waals surface area contributed by atoms with Gasteiger partial charge in [-0.05, 0) is 18.3 Å². The lowest BCUT2D eigenvalue weighted by Gasteiger charge is -2.25. The lowest BCUT2D eigenvalue weighted by Crippen LogP contribution is -2.25. The van der Waals surface area contributed by atoms with E-state index in [0.717, 1.165) is 25.7 Å². The summed E-state index contributed by atoms with van der Waals surface area (Å²) >= 11 is 0. The van der Waals surface area contributed by atoms with Crippen molar-refractivity contribution < 1.29 is 14.4 Å². The minimum absolute atomic E-state index is 0.0971. The Kier molecular flexibility index (Phi) is 3.92. The van der Waals surface area contributed by atoms with E-state index in [-0.39, 0.29) is 17.3 Å². The number of hydrogen-bond donors (Lipinski definition) is 1. The zero-order chi connectivity index (χ0) is 14.0. The minimum atomic E-state index is -0.750. The van der Waals surface area contributed by atoms with Crippen LogP contribution in [0.2, 0.25) is 0 Å². The number of nitrogens with zero attached hydrogens (tertiary/aromatic N) is 2. The first-order chi connectivity index (χ1) is 8.87. The van der Waals surface area contributed by atoms with Crippen LogP contribution in [-0.4, -0.2) is 21.2 Å². The van der Waals surface area contributed by atoms with E-state index in [1.165, 1.54) is 0 Å². The molecule has 0 radical (unpaired) electrons. The first-order valence-corrected chi connectivity index (χ1v) is 6.92. The molecular weight excluding hydrogens is 244 g/mol. The maximum Gasteiger partial charge on any atom is 0.307 e. The first-order valence-electron chi connectivity index (χ1n) is 6.92. The van der Waals surface area contributed by atoms with Crippen molar-refractivity contribution in [2.45, 2.75) is 58.8 Å². The fraction of sp³-hybridized carbons (Fsp3) is 0.786. The highest BCUT2D eigenvalue weighted by Gasteiger charge is 2.35. The lowest BCUT2D eigenvalue weighted by atomic mass is 9.79. The molecule has 1 aliphatic rings. The SMILES string of the molecule is CC(C)(C)Cc1noc(C2CCCCC2C(=O)O)n1. The third-order valence-electron chi connectivity index (χ3n) is 3.57. The summed E-state index contributed by atoms with van der Waals surface area (Å²) in [5.74, 6) is -0.0620. The Morgan fingerprint density at radius 2 is 2.05 bits per heavy atom. The van der Waals surface area contributed by atoms with Crippen molar-refractivity contribution in [3.8, 4) is 0 Å². The van der Waals surface area contributed by atoms with E-state index in [9.17, 15) is 9.90 Å². The van der Waals surface area contributed by atoms with Crippen molar-refractivity contribution >= 4 is 5.97 Å². The number of hydrogen-bond acceptors (Lipinski definition) is 4. The number of aromatic nitrogens is 2. The molecule has 5 heteroatoms. The van der Waals surface area contributed by atoms with Crippen molar-refractivity contribution in [3.63, 3.8) is 0 Å². The molecule has 1 aromatic rings. The zero-order valence-electron chi connectivity index (χ0n) is 11.8. The molecule has 2 unspecified atom stereocenters. The van der Waals surface area contributed by atoms with Crippen molar-refractivity contribution in [2.75, 3.05) is 0 Å². The lowest BCUT2D eigenvalue weighted by molar-refractivity contribution is -0.143. The molecule has 2 atom stereocenters. The summed E-state index contributed by atoms with van der Waals surface area (Å²) < 4.78 is 5.31. The van der Waals surface area contributed by atoms with Crippen molar-refractivity contribution in [1.29, 1.82) is 0 Å². The van der Waals surface area contributed by atoms with Crippen LogP contribution in [0.25, 0.3) is 0 Å². The van der Waals surface area contributed by atoms with E-state index < -0.39 is 5.97 Å². The van der Waals surface area contributed by atoms with Crippen LogP contribution < -0.4 is 0 Å². The third-order valence-corrected chi connectivity index (χ3v) is 3.57. The van der Waals surface area contributed by atoms with Crippen LogP contribution in [0.5, 0.6) is 0 Å². The van der Waals surface area contributed by atoms with Gasteiger partial charge in [0.1, 0.15) is 0 Å². The summed E-state index contributed by atoms with van der Waals surface area (Å²) in [5.41, 5.74) is 0.0971. The number of carbonyl (C=O) groups is 1. The fourth-order valence-electron chi connectivity index (χ4n) is 2.69. The van der Waals surface area contributed by atoms with Gasteiger partial charge >= 0.3 is 5.97 Å². The molecule has 0 bridgehead atoms. The van der Waals surface area contributed by atoms with Crippen LogP contribution in [0, 0.1) is 11.3 Å². The van der Waals surface area contributed by atoms with Gasteiger partial charge in [0.25, 0.3) is 0 Å². The Morgan fingerprint density at radius 3 is 2.68 bits per heavy atom. The Hall–Kier alpha value is -1.39. The van der Waals surface area contributed by atoms with Crippen molar-refractivity contribution in [2.24, 2.45) is 11.3 Å². The van der Waals surface area contributed by atoms with E-state index in [1.807, 2.05) is 0 Å². The minimum Gasteiger partial charge on any atom is -0.481 e.